The van der Waals surface area contributed by atoms with Crippen LogP contribution in [0.15, 0.2) is 18.2 Å². The van der Waals surface area contributed by atoms with Crippen molar-refractivity contribution in [2.24, 2.45) is 5.73 Å². The van der Waals surface area contributed by atoms with Crippen LogP contribution in [0.5, 0.6) is 0 Å². The highest BCUT2D eigenvalue weighted by Gasteiger charge is 2.22. The Balaban J connectivity index is 2.02. The van der Waals surface area contributed by atoms with Crippen LogP contribution in [0.4, 0.5) is 0 Å². The lowest BCUT2D eigenvalue weighted by atomic mass is 9.98. The second-order valence-electron chi connectivity index (χ2n) is 5.19. The minimum Gasteiger partial charge on any atom is -0.328 e. The summed E-state index contributed by atoms with van der Waals surface area (Å²) >= 11 is 6.15. The van der Waals surface area contributed by atoms with Crippen molar-refractivity contribution in [2.45, 2.75) is 45.3 Å². The van der Waals surface area contributed by atoms with E-state index < -0.39 is 0 Å². The Morgan fingerprint density at radius 2 is 2.24 bits per heavy atom. The van der Waals surface area contributed by atoms with E-state index in [-0.39, 0.29) is 0 Å². The summed E-state index contributed by atoms with van der Waals surface area (Å²) in [5.74, 6) is 0. The number of nitrogens with two attached hydrogens (primary N) is 1. The number of hydrogen-bond acceptors (Lipinski definition) is 2. The van der Waals surface area contributed by atoms with Crippen LogP contribution >= 0.6 is 11.6 Å². The van der Waals surface area contributed by atoms with Gasteiger partial charge in [0.2, 0.25) is 0 Å². The molecule has 1 saturated heterocycles. The normalized spacial score (nSPS) is 26.1. The first kappa shape index (κ1) is 12.9. The molecule has 0 saturated carbocycles. The molecule has 1 aromatic rings. The van der Waals surface area contributed by atoms with E-state index in [1.807, 2.05) is 6.92 Å². The molecule has 94 valence electrons. The lowest BCUT2D eigenvalue weighted by Crippen LogP contribution is -2.44. The van der Waals surface area contributed by atoms with Gasteiger partial charge in [0.15, 0.2) is 0 Å². The first-order valence-corrected chi connectivity index (χ1v) is 6.68. The van der Waals surface area contributed by atoms with Crippen molar-refractivity contribution in [3.63, 3.8) is 0 Å². The van der Waals surface area contributed by atoms with Gasteiger partial charge in [-0.3, -0.25) is 4.90 Å². The van der Waals surface area contributed by atoms with Gasteiger partial charge in [-0.05, 0) is 43.9 Å². The molecule has 0 amide bonds. The van der Waals surface area contributed by atoms with Crippen LogP contribution in [-0.2, 0) is 6.54 Å². The number of rotatable bonds is 2. The molecular weight excluding hydrogens is 232 g/mol. The number of aryl methyl sites for hydroxylation is 1. The van der Waals surface area contributed by atoms with E-state index in [0.29, 0.717) is 12.1 Å². The third kappa shape index (κ3) is 3.21. The van der Waals surface area contributed by atoms with Crippen molar-refractivity contribution in [1.82, 2.24) is 4.90 Å². The molecule has 1 aliphatic rings. The molecule has 1 heterocycles. The first-order valence-electron chi connectivity index (χ1n) is 6.31. The van der Waals surface area contributed by atoms with Gasteiger partial charge in [0.05, 0.1) is 0 Å². The monoisotopic (exact) mass is 252 g/mol. The molecule has 0 spiro atoms. The van der Waals surface area contributed by atoms with Gasteiger partial charge in [-0.1, -0.05) is 23.7 Å². The van der Waals surface area contributed by atoms with Gasteiger partial charge < -0.3 is 5.73 Å². The number of piperidine rings is 1. The summed E-state index contributed by atoms with van der Waals surface area (Å²) in [4.78, 5) is 2.49. The van der Waals surface area contributed by atoms with E-state index in [1.165, 1.54) is 5.56 Å². The quantitative estimate of drug-likeness (QED) is 0.877. The molecule has 17 heavy (non-hydrogen) atoms. The zero-order chi connectivity index (χ0) is 12.4. The topological polar surface area (TPSA) is 29.3 Å². The Morgan fingerprint density at radius 3 is 2.88 bits per heavy atom. The predicted octanol–water partition coefficient (Wildman–Crippen LogP) is 2.96. The van der Waals surface area contributed by atoms with Gasteiger partial charge >= 0.3 is 0 Å². The molecule has 1 fully saturated rings. The highest BCUT2D eigenvalue weighted by molar-refractivity contribution is 6.31. The Hall–Kier alpha value is -0.570. The van der Waals surface area contributed by atoms with E-state index >= 15 is 0 Å². The standard InChI is InChI=1S/C14H21ClN2/c1-10-3-4-12(8-14(10)15)9-17-6-5-13(16)7-11(17)2/h3-4,8,11,13H,5-7,9,16H2,1-2H3. The van der Waals surface area contributed by atoms with Crippen molar-refractivity contribution >= 4 is 11.6 Å². The second-order valence-corrected chi connectivity index (χ2v) is 5.59. The zero-order valence-electron chi connectivity index (χ0n) is 10.6. The summed E-state index contributed by atoms with van der Waals surface area (Å²) in [7, 11) is 0. The van der Waals surface area contributed by atoms with Crippen LogP contribution in [0.2, 0.25) is 5.02 Å². The van der Waals surface area contributed by atoms with Crippen LogP contribution < -0.4 is 5.73 Å². The molecule has 1 aliphatic heterocycles. The Labute approximate surface area is 109 Å². The molecule has 0 bridgehead atoms. The van der Waals surface area contributed by atoms with Crippen LogP contribution in [0, 0.1) is 6.92 Å². The van der Waals surface area contributed by atoms with E-state index in [1.54, 1.807) is 0 Å². The van der Waals surface area contributed by atoms with Crippen molar-refractivity contribution in [3.8, 4) is 0 Å². The van der Waals surface area contributed by atoms with Gasteiger partial charge in [-0.2, -0.15) is 0 Å². The van der Waals surface area contributed by atoms with Gasteiger partial charge in [-0.25, -0.2) is 0 Å². The molecular formula is C14H21ClN2. The maximum Gasteiger partial charge on any atom is 0.0438 e. The molecule has 0 aromatic heterocycles. The maximum absolute atomic E-state index is 6.15. The second kappa shape index (κ2) is 5.38. The number of benzene rings is 1. The third-order valence-corrected chi connectivity index (χ3v) is 4.08. The van der Waals surface area contributed by atoms with Crippen molar-refractivity contribution < 1.29 is 0 Å². The van der Waals surface area contributed by atoms with Crippen LogP contribution in [0.25, 0.3) is 0 Å². The van der Waals surface area contributed by atoms with Crippen LogP contribution in [0.3, 0.4) is 0 Å². The van der Waals surface area contributed by atoms with Gasteiger partial charge in [0.25, 0.3) is 0 Å². The van der Waals surface area contributed by atoms with Crippen LogP contribution in [0.1, 0.15) is 30.9 Å². The lowest BCUT2D eigenvalue weighted by molar-refractivity contribution is 0.140. The summed E-state index contributed by atoms with van der Waals surface area (Å²) in [6.07, 6.45) is 2.20. The van der Waals surface area contributed by atoms with E-state index in [4.69, 9.17) is 17.3 Å². The summed E-state index contributed by atoms with van der Waals surface area (Å²) in [5, 5.41) is 0.865. The van der Waals surface area contributed by atoms with Crippen molar-refractivity contribution in [1.29, 1.82) is 0 Å². The highest BCUT2D eigenvalue weighted by atomic mass is 35.5. The zero-order valence-corrected chi connectivity index (χ0v) is 11.4. The Bertz CT molecular complexity index is 392. The molecule has 0 radical (unpaired) electrons. The predicted molar refractivity (Wildman–Crippen MR) is 73.3 cm³/mol. The summed E-state index contributed by atoms with van der Waals surface area (Å²) in [6.45, 7) is 6.37. The van der Waals surface area contributed by atoms with Gasteiger partial charge in [-0.15, -0.1) is 0 Å². The third-order valence-electron chi connectivity index (χ3n) is 3.68. The molecule has 2 N–H and O–H groups in total. The molecule has 0 aliphatic carbocycles. The summed E-state index contributed by atoms with van der Waals surface area (Å²) in [6, 6.07) is 7.29. The fourth-order valence-corrected chi connectivity index (χ4v) is 2.66. The minimum atomic E-state index is 0.378. The SMILES string of the molecule is Cc1ccc(CN2CCC(N)CC2C)cc1Cl. The largest absolute Gasteiger partial charge is 0.328 e. The molecule has 2 rings (SSSR count). The fraction of sp³-hybridized carbons (Fsp3) is 0.571. The molecule has 1 aromatic carbocycles. The van der Waals surface area contributed by atoms with E-state index in [2.05, 4.69) is 30.0 Å². The number of nitrogens with zero attached hydrogens (tertiary/aromatic N) is 1. The number of halogens is 1. The number of hydrogen-bond donors (Lipinski definition) is 1. The Morgan fingerprint density at radius 1 is 1.47 bits per heavy atom. The van der Waals surface area contributed by atoms with Gasteiger partial charge in [0.1, 0.15) is 0 Å². The smallest absolute Gasteiger partial charge is 0.0438 e. The Kier molecular flexibility index (Phi) is 4.08. The van der Waals surface area contributed by atoms with E-state index in [0.717, 1.165) is 36.5 Å². The number of likely N-dealkylation sites (tertiary alicyclic amines) is 1. The van der Waals surface area contributed by atoms with Crippen LogP contribution in [-0.4, -0.2) is 23.5 Å². The van der Waals surface area contributed by atoms with Gasteiger partial charge in [0, 0.05) is 30.2 Å². The minimum absolute atomic E-state index is 0.378. The highest BCUT2D eigenvalue weighted by Crippen LogP contribution is 2.21. The lowest BCUT2D eigenvalue weighted by Gasteiger charge is -2.36. The molecule has 3 heteroatoms. The first-order chi connectivity index (χ1) is 8.06. The fourth-order valence-electron chi connectivity index (χ4n) is 2.46. The molecule has 2 nitrogen and oxygen atoms in total. The summed E-state index contributed by atoms with van der Waals surface area (Å²) < 4.78 is 0. The maximum atomic E-state index is 6.15. The summed E-state index contributed by atoms with van der Waals surface area (Å²) in [5.41, 5.74) is 8.41. The van der Waals surface area contributed by atoms with Crippen molar-refractivity contribution in [3.05, 3.63) is 34.3 Å². The van der Waals surface area contributed by atoms with Crippen molar-refractivity contribution in [2.75, 3.05) is 6.54 Å². The molecule has 2 unspecified atom stereocenters. The van der Waals surface area contributed by atoms with E-state index in [9.17, 15) is 0 Å². The average Bonchev–Trinajstić information content (AvgIpc) is 2.27. The molecule has 2 atom stereocenters. The average molecular weight is 253 g/mol.